The third-order valence-electron chi connectivity index (χ3n) is 3.89. The van der Waals surface area contributed by atoms with E-state index in [1.807, 2.05) is 12.1 Å². The van der Waals surface area contributed by atoms with Crippen LogP contribution < -0.4 is 0 Å². The fraction of sp³-hybridized carbons (Fsp3) is 0.600. The lowest BCUT2D eigenvalue weighted by molar-refractivity contribution is 0.194. The Morgan fingerprint density at radius 3 is 2.41 bits per heavy atom. The minimum absolute atomic E-state index is 0.356. The number of rotatable bonds is 4. The molecule has 2 rings (SSSR count). The Morgan fingerprint density at radius 2 is 1.76 bits per heavy atom. The molecule has 2 heteroatoms. The lowest BCUT2D eigenvalue weighted by Crippen LogP contribution is -2.34. The normalized spacial score (nSPS) is 17.5. The number of nitrogens with zero attached hydrogens (tertiary/aromatic N) is 1. The molecule has 0 heterocycles. The summed E-state index contributed by atoms with van der Waals surface area (Å²) >= 11 is 0. The summed E-state index contributed by atoms with van der Waals surface area (Å²) in [5.74, 6) is 0.356. The number of phenolic OH excluding ortho intramolecular Hbond substituents is 1. The standard InChI is InChI=1S/C15H23NO/c1-16(14-5-3-2-4-6-14)12-11-13-7-9-15(17)10-8-13/h7-10,14,17H,2-6,11-12H2,1H3. The van der Waals surface area contributed by atoms with Crippen LogP contribution in [0, 0.1) is 0 Å². The lowest BCUT2D eigenvalue weighted by Gasteiger charge is -2.31. The van der Waals surface area contributed by atoms with Crippen molar-refractivity contribution in [3.63, 3.8) is 0 Å². The maximum absolute atomic E-state index is 9.23. The molecular formula is C15H23NO. The Bertz CT molecular complexity index is 327. The van der Waals surface area contributed by atoms with Crippen molar-refractivity contribution in [2.75, 3.05) is 13.6 Å². The summed E-state index contributed by atoms with van der Waals surface area (Å²) < 4.78 is 0. The highest BCUT2D eigenvalue weighted by Gasteiger charge is 2.17. The second kappa shape index (κ2) is 6.06. The predicted molar refractivity (Wildman–Crippen MR) is 71.3 cm³/mol. The Labute approximate surface area is 104 Å². The van der Waals surface area contributed by atoms with E-state index < -0.39 is 0 Å². The zero-order valence-corrected chi connectivity index (χ0v) is 10.7. The van der Waals surface area contributed by atoms with E-state index in [-0.39, 0.29) is 0 Å². The molecule has 0 radical (unpaired) electrons. The van der Waals surface area contributed by atoms with Gasteiger partial charge >= 0.3 is 0 Å². The minimum atomic E-state index is 0.356. The maximum atomic E-state index is 9.23. The van der Waals surface area contributed by atoms with Gasteiger partial charge in [0.05, 0.1) is 0 Å². The van der Waals surface area contributed by atoms with Gasteiger partial charge in [0.2, 0.25) is 0 Å². The summed E-state index contributed by atoms with van der Waals surface area (Å²) in [6.07, 6.45) is 8.02. The van der Waals surface area contributed by atoms with E-state index in [0.29, 0.717) is 5.75 Å². The zero-order chi connectivity index (χ0) is 12.1. The smallest absolute Gasteiger partial charge is 0.115 e. The first-order valence-electron chi connectivity index (χ1n) is 6.74. The predicted octanol–water partition coefficient (Wildman–Crippen LogP) is 3.20. The molecule has 0 amide bonds. The van der Waals surface area contributed by atoms with Gasteiger partial charge in [-0.2, -0.15) is 0 Å². The summed E-state index contributed by atoms with van der Waals surface area (Å²) in [5, 5.41) is 9.23. The Hall–Kier alpha value is -1.02. The first-order chi connectivity index (χ1) is 8.25. The van der Waals surface area contributed by atoms with Gasteiger partial charge in [0.15, 0.2) is 0 Å². The molecule has 2 nitrogen and oxygen atoms in total. The number of likely N-dealkylation sites (N-methyl/N-ethyl adjacent to an activating group) is 1. The van der Waals surface area contributed by atoms with Crippen molar-refractivity contribution >= 4 is 0 Å². The van der Waals surface area contributed by atoms with Crippen LogP contribution in [0.1, 0.15) is 37.7 Å². The van der Waals surface area contributed by atoms with Crippen molar-refractivity contribution < 1.29 is 5.11 Å². The molecule has 0 spiro atoms. The average molecular weight is 233 g/mol. The molecule has 0 atom stereocenters. The highest BCUT2D eigenvalue weighted by Crippen LogP contribution is 2.21. The summed E-state index contributed by atoms with van der Waals surface area (Å²) in [6.45, 7) is 1.12. The van der Waals surface area contributed by atoms with Crippen LogP contribution in [0.2, 0.25) is 0 Å². The number of phenols is 1. The van der Waals surface area contributed by atoms with Crippen LogP contribution in [0.5, 0.6) is 5.75 Å². The summed E-state index contributed by atoms with van der Waals surface area (Å²) in [4.78, 5) is 2.51. The van der Waals surface area contributed by atoms with Crippen molar-refractivity contribution in [2.45, 2.75) is 44.6 Å². The topological polar surface area (TPSA) is 23.5 Å². The molecule has 1 aromatic carbocycles. The lowest BCUT2D eigenvalue weighted by atomic mass is 9.94. The number of benzene rings is 1. The monoisotopic (exact) mass is 233 g/mol. The van der Waals surface area contributed by atoms with E-state index in [9.17, 15) is 5.11 Å². The molecule has 1 fully saturated rings. The molecule has 0 bridgehead atoms. The second-order valence-electron chi connectivity index (χ2n) is 5.19. The van der Waals surface area contributed by atoms with Gasteiger partial charge in [0.1, 0.15) is 5.75 Å². The molecule has 0 unspecified atom stereocenters. The van der Waals surface area contributed by atoms with Crippen molar-refractivity contribution in [1.82, 2.24) is 4.90 Å². The maximum Gasteiger partial charge on any atom is 0.115 e. The Morgan fingerprint density at radius 1 is 1.12 bits per heavy atom. The summed E-state index contributed by atoms with van der Waals surface area (Å²) in [5.41, 5.74) is 1.31. The molecule has 1 N–H and O–H groups in total. The molecule has 1 saturated carbocycles. The van der Waals surface area contributed by atoms with Gasteiger partial charge in [-0.15, -0.1) is 0 Å². The van der Waals surface area contributed by atoms with E-state index in [4.69, 9.17) is 0 Å². The third-order valence-corrected chi connectivity index (χ3v) is 3.89. The fourth-order valence-electron chi connectivity index (χ4n) is 2.67. The number of hydrogen-bond donors (Lipinski definition) is 1. The van der Waals surface area contributed by atoms with E-state index in [1.165, 1.54) is 37.7 Å². The second-order valence-corrected chi connectivity index (χ2v) is 5.19. The van der Waals surface area contributed by atoms with E-state index in [0.717, 1.165) is 19.0 Å². The van der Waals surface area contributed by atoms with E-state index in [2.05, 4.69) is 11.9 Å². The average Bonchev–Trinajstić information content (AvgIpc) is 2.39. The van der Waals surface area contributed by atoms with Crippen LogP contribution in [0.4, 0.5) is 0 Å². The van der Waals surface area contributed by atoms with Crippen LogP contribution in [0.15, 0.2) is 24.3 Å². The van der Waals surface area contributed by atoms with Crippen LogP contribution >= 0.6 is 0 Å². The first kappa shape index (κ1) is 12.4. The van der Waals surface area contributed by atoms with Gasteiger partial charge in [0, 0.05) is 12.6 Å². The van der Waals surface area contributed by atoms with Gasteiger partial charge in [-0.05, 0) is 44.0 Å². The van der Waals surface area contributed by atoms with Crippen LogP contribution in [-0.2, 0) is 6.42 Å². The zero-order valence-electron chi connectivity index (χ0n) is 10.7. The van der Waals surface area contributed by atoms with Crippen LogP contribution in [0.3, 0.4) is 0 Å². The summed E-state index contributed by atoms with van der Waals surface area (Å²) in [7, 11) is 2.25. The molecule has 94 valence electrons. The highest BCUT2D eigenvalue weighted by molar-refractivity contribution is 5.25. The molecule has 1 aromatic rings. The molecule has 0 saturated heterocycles. The van der Waals surface area contributed by atoms with Crippen molar-refractivity contribution in [3.8, 4) is 5.75 Å². The Kier molecular flexibility index (Phi) is 4.43. The van der Waals surface area contributed by atoms with E-state index >= 15 is 0 Å². The quantitative estimate of drug-likeness (QED) is 0.863. The first-order valence-corrected chi connectivity index (χ1v) is 6.74. The van der Waals surface area contributed by atoms with E-state index in [1.54, 1.807) is 12.1 Å². The molecule has 0 aromatic heterocycles. The molecule has 17 heavy (non-hydrogen) atoms. The largest absolute Gasteiger partial charge is 0.508 e. The van der Waals surface area contributed by atoms with Gasteiger partial charge in [-0.3, -0.25) is 0 Å². The molecule has 1 aliphatic carbocycles. The van der Waals surface area contributed by atoms with Crippen molar-refractivity contribution in [1.29, 1.82) is 0 Å². The molecule has 1 aliphatic rings. The number of aromatic hydroxyl groups is 1. The minimum Gasteiger partial charge on any atom is -0.508 e. The van der Waals surface area contributed by atoms with Gasteiger partial charge in [-0.25, -0.2) is 0 Å². The van der Waals surface area contributed by atoms with Crippen molar-refractivity contribution in [3.05, 3.63) is 29.8 Å². The summed E-state index contributed by atoms with van der Waals surface area (Å²) in [6, 6.07) is 8.38. The number of hydrogen-bond acceptors (Lipinski definition) is 2. The fourth-order valence-corrected chi connectivity index (χ4v) is 2.67. The van der Waals surface area contributed by atoms with Gasteiger partial charge in [0.25, 0.3) is 0 Å². The Balaban J connectivity index is 1.78. The molecular weight excluding hydrogens is 210 g/mol. The van der Waals surface area contributed by atoms with Crippen LogP contribution in [-0.4, -0.2) is 29.6 Å². The van der Waals surface area contributed by atoms with Gasteiger partial charge < -0.3 is 10.0 Å². The SMILES string of the molecule is CN(CCc1ccc(O)cc1)C1CCCCC1. The van der Waals surface area contributed by atoms with Gasteiger partial charge in [-0.1, -0.05) is 31.4 Å². The van der Waals surface area contributed by atoms with Crippen molar-refractivity contribution in [2.24, 2.45) is 0 Å². The third kappa shape index (κ3) is 3.74. The highest BCUT2D eigenvalue weighted by atomic mass is 16.3. The van der Waals surface area contributed by atoms with Crippen LogP contribution in [0.25, 0.3) is 0 Å². The molecule has 0 aliphatic heterocycles.